The highest BCUT2D eigenvalue weighted by Crippen LogP contribution is 2.28. The van der Waals surface area contributed by atoms with Gasteiger partial charge in [-0.15, -0.1) is 0 Å². The number of para-hydroxylation sites is 1. The third-order valence-electron chi connectivity index (χ3n) is 4.12. The van der Waals surface area contributed by atoms with Crippen molar-refractivity contribution in [3.05, 3.63) is 82.5 Å². The van der Waals surface area contributed by atoms with Crippen LogP contribution in [0.15, 0.2) is 66.9 Å². The van der Waals surface area contributed by atoms with Gasteiger partial charge in [0.25, 0.3) is 0 Å². The van der Waals surface area contributed by atoms with Gasteiger partial charge in [-0.05, 0) is 24.6 Å². The number of carbonyl (C=O) groups is 1. The molecule has 0 bridgehead atoms. The first-order chi connectivity index (χ1) is 14.6. The van der Waals surface area contributed by atoms with E-state index in [9.17, 15) is 14.9 Å². The Labute approximate surface area is 173 Å². The Hall–Kier alpha value is -4.01. The van der Waals surface area contributed by atoms with Crippen LogP contribution in [0.25, 0.3) is 0 Å². The zero-order valence-electron chi connectivity index (χ0n) is 16.4. The van der Waals surface area contributed by atoms with Gasteiger partial charge in [0.15, 0.2) is 0 Å². The summed E-state index contributed by atoms with van der Waals surface area (Å²) in [5, 5.41) is 14.6. The maximum Gasteiger partial charge on any atom is 0.329 e. The second-order valence-corrected chi connectivity index (χ2v) is 6.30. The minimum Gasteiger partial charge on any atom is -0.465 e. The maximum absolute atomic E-state index is 12.2. The van der Waals surface area contributed by atoms with Gasteiger partial charge < -0.3 is 15.0 Å². The lowest BCUT2D eigenvalue weighted by Gasteiger charge is -2.23. The van der Waals surface area contributed by atoms with E-state index >= 15 is 0 Å². The van der Waals surface area contributed by atoms with Gasteiger partial charge in [-0.3, -0.25) is 14.9 Å². The zero-order valence-corrected chi connectivity index (χ0v) is 16.4. The molecule has 0 amide bonds. The van der Waals surface area contributed by atoms with Crippen LogP contribution in [0.5, 0.6) is 0 Å². The number of hydrogen-bond acceptors (Lipinski definition) is 8. The highest BCUT2D eigenvalue weighted by molar-refractivity contribution is 5.77. The van der Waals surface area contributed by atoms with E-state index in [0.29, 0.717) is 0 Å². The van der Waals surface area contributed by atoms with E-state index in [1.807, 2.05) is 60.7 Å². The minimum absolute atomic E-state index is 0.0327. The Morgan fingerprint density at radius 2 is 1.80 bits per heavy atom. The summed E-state index contributed by atoms with van der Waals surface area (Å²) in [6, 6.07) is 18.5. The fourth-order valence-electron chi connectivity index (χ4n) is 2.81. The number of nitrogens with zero attached hydrogens (tertiary/aromatic N) is 4. The lowest BCUT2D eigenvalue weighted by molar-refractivity contribution is -0.384. The number of aromatic nitrogens is 2. The van der Waals surface area contributed by atoms with Crippen LogP contribution < -0.4 is 10.2 Å². The first-order valence-electron chi connectivity index (χ1n) is 9.35. The number of anilines is 3. The Kier molecular flexibility index (Phi) is 6.88. The van der Waals surface area contributed by atoms with Gasteiger partial charge in [0.1, 0.15) is 12.7 Å². The van der Waals surface area contributed by atoms with Crippen LogP contribution in [0.2, 0.25) is 0 Å². The Morgan fingerprint density at radius 3 is 2.43 bits per heavy atom. The quantitative estimate of drug-likeness (QED) is 0.325. The molecule has 3 rings (SSSR count). The van der Waals surface area contributed by atoms with Gasteiger partial charge in [-0.1, -0.05) is 48.5 Å². The van der Waals surface area contributed by atoms with E-state index in [-0.39, 0.29) is 37.1 Å². The third-order valence-corrected chi connectivity index (χ3v) is 4.12. The van der Waals surface area contributed by atoms with Gasteiger partial charge in [0.05, 0.1) is 11.5 Å². The van der Waals surface area contributed by atoms with Crippen molar-refractivity contribution in [1.29, 1.82) is 0 Å². The Bertz CT molecular complexity index is 999. The molecule has 1 N–H and O–H groups in total. The number of nitro groups is 1. The van der Waals surface area contributed by atoms with Crippen molar-refractivity contribution in [2.24, 2.45) is 0 Å². The number of ether oxygens (including phenoxy) is 1. The highest BCUT2D eigenvalue weighted by Gasteiger charge is 2.25. The number of hydrogen-bond donors (Lipinski definition) is 1. The largest absolute Gasteiger partial charge is 0.465 e. The standard InChI is InChI=1S/C21H21N5O4/c1-2-30-19(27)15-25(14-16-9-5-3-6-10-16)20-18(26(28)29)13-22-21(24-20)23-17-11-7-4-8-12-17/h3-13H,2,14-15H2,1H3,(H,22,23,24). The fourth-order valence-corrected chi connectivity index (χ4v) is 2.81. The summed E-state index contributed by atoms with van der Waals surface area (Å²) in [5.41, 5.74) is 1.30. The van der Waals surface area contributed by atoms with E-state index in [4.69, 9.17) is 4.74 Å². The fraction of sp³-hybridized carbons (Fsp3) is 0.190. The lowest BCUT2D eigenvalue weighted by Crippen LogP contribution is -2.32. The first-order valence-corrected chi connectivity index (χ1v) is 9.35. The van der Waals surface area contributed by atoms with Gasteiger partial charge in [0, 0.05) is 12.2 Å². The second-order valence-electron chi connectivity index (χ2n) is 6.30. The zero-order chi connectivity index (χ0) is 21.3. The lowest BCUT2D eigenvalue weighted by atomic mass is 10.2. The molecule has 0 saturated carbocycles. The SMILES string of the molecule is CCOC(=O)CN(Cc1ccccc1)c1nc(Nc2ccccc2)ncc1[N+](=O)[O-]. The average molecular weight is 407 g/mol. The summed E-state index contributed by atoms with van der Waals surface area (Å²) in [6.45, 7) is 1.97. The Morgan fingerprint density at radius 1 is 1.13 bits per heavy atom. The van der Waals surface area contributed by atoms with Crippen molar-refractivity contribution in [3.8, 4) is 0 Å². The van der Waals surface area contributed by atoms with Gasteiger partial charge in [-0.25, -0.2) is 4.98 Å². The van der Waals surface area contributed by atoms with Gasteiger partial charge >= 0.3 is 11.7 Å². The summed E-state index contributed by atoms with van der Waals surface area (Å²) in [4.78, 5) is 33.2. The van der Waals surface area contributed by atoms with E-state index < -0.39 is 10.9 Å². The molecule has 9 nitrogen and oxygen atoms in total. The summed E-state index contributed by atoms with van der Waals surface area (Å²) < 4.78 is 5.05. The van der Waals surface area contributed by atoms with Crippen LogP contribution in [-0.4, -0.2) is 34.0 Å². The smallest absolute Gasteiger partial charge is 0.329 e. The van der Waals surface area contributed by atoms with E-state index in [1.54, 1.807) is 6.92 Å². The molecule has 0 aliphatic carbocycles. The second kappa shape index (κ2) is 9.97. The molecule has 0 atom stereocenters. The summed E-state index contributed by atoms with van der Waals surface area (Å²) in [6.07, 6.45) is 1.14. The van der Waals surface area contributed by atoms with Crippen LogP contribution in [0, 0.1) is 10.1 Å². The molecule has 0 radical (unpaired) electrons. The number of nitrogens with one attached hydrogen (secondary N) is 1. The van der Waals surface area contributed by atoms with Gasteiger partial charge in [0.2, 0.25) is 11.8 Å². The first kappa shape index (κ1) is 20.7. The molecule has 0 unspecified atom stereocenters. The molecule has 0 spiro atoms. The maximum atomic E-state index is 12.2. The molecule has 2 aromatic carbocycles. The van der Waals surface area contributed by atoms with E-state index in [1.165, 1.54) is 4.90 Å². The van der Waals surface area contributed by atoms with Gasteiger partial charge in [-0.2, -0.15) is 4.98 Å². The molecule has 0 aliphatic heterocycles. The number of carbonyl (C=O) groups excluding carboxylic acids is 1. The van der Waals surface area contributed by atoms with Crippen LogP contribution in [0.4, 0.5) is 23.1 Å². The van der Waals surface area contributed by atoms with E-state index in [0.717, 1.165) is 17.4 Å². The van der Waals surface area contributed by atoms with Crippen molar-refractivity contribution in [3.63, 3.8) is 0 Å². The monoisotopic (exact) mass is 407 g/mol. The van der Waals surface area contributed by atoms with Crippen LogP contribution in [-0.2, 0) is 16.1 Å². The number of rotatable bonds is 9. The topological polar surface area (TPSA) is 110 Å². The molecular weight excluding hydrogens is 386 g/mol. The molecule has 0 aliphatic rings. The minimum atomic E-state index is -0.565. The molecule has 1 aromatic heterocycles. The number of esters is 1. The molecule has 1 heterocycles. The molecule has 9 heteroatoms. The van der Waals surface area contributed by atoms with Crippen LogP contribution >= 0.6 is 0 Å². The third kappa shape index (κ3) is 5.51. The highest BCUT2D eigenvalue weighted by atomic mass is 16.6. The predicted molar refractivity (Wildman–Crippen MR) is 113 cm³/mol. The summed E-state index contributed by atoms with van der Waals surface area (Å²) in [7, 11) is 0. The molecule has 3 aromatic rings. The molecule has 154 valence electrons. The van der Waals surface area contributed by atoms with Crippen molar-refractivity contribution in [2.45, 2.75) is 13.5 Å². The van der Waals surface area contributed by atoms with Crippen molar-refractivity contribution in [1.82, 2.24) is 9.97 Å². The Balaban J connectivity index is 1.98. The van der Waals surface area contributed by atoms with Crippen molar-refractivity contribution in [2.75, 3.05) is 23.4 Å². The van der Waals surface area contributed by atoms with Crippen LogP contribution in [0.3, 0.4) is 0 Å². The van der Waals surface area contributed by atoms with Crippen molar-refractivity contribution >= 4 is 29.1 Å². The molecule has 30 heavy (non-hydrogen) atoms. The summed E-state index contributed by atoms with van der Waals surface area (Å²) in [5.74, 6) is -0.284. The number of benzene rings is 2. The molecular formula is C21H21N5O4. The normalized spacial score (nSPS) is 10.3. The molecule has 0 fully saturated rings. The van der Waals surface area contributed by atoms with E-state index in [2.05, 4.69) is 15.3 Å². The summed E-state index contributed by atoms with van der Waals surface area (Å²) >= 11 is 0. The average Bonchev–Trinajstić information content (AvgIpc) is 2.75. The predicted octanol–water partition coefficient (Wildman–Crippen LogP) is 3.70. The molecule has 0 saturated heterocycles. The van der Waals surface area contributed by atoms with Crippen molar-refractivity contribution < 1.29 is 14.5 Å². The van der Waals surface area contributed by atoms with Crippen LogP contribution in [0.1, 0.15) is 12.5 Å².